The second kappa shape index (κ2) is 10.9. The van der Waals surface area contributed by atoms with Crippen LogP contribution in [0.3, 0.4) is 0 Å². The van der Waals surface area contributed by atoms with Gasteiger partial charge < -0.3 is 25.4 Å². The van der Waals surface area contributed by atoms with Gasteiger partial charge in [0.2, 0.25) is 11.8 Å². The molecular weight excluding hydrogens is 440 g/mol. The highest BCUT2D eigenvalue weighted by atomic mass is 16.4. The Bertz CT molecular complexity index is 1100. The molecule has 1 saturated heterocycles. The number of benzene rings is 1. The molecule has 3 N–H and O–H groups in total. The van der Waals surface area contributed by atoms with Crippen molar-refractivity contribution in [2.75, 3.05) is 6.54 Å². The van der Waals surface area contributed by atoms with E-state index in [1.54, 1.807) is 44.3 Å². The maximum atomic E-state index is 13.4. The molecule has 180 valence electrons. The number of fused-ring (bicyclic) bond motifs is 1. The van der Waals surface area contributed by atoms with Crippen molar-refractivity contribution in [2.24, 2.45) is 5.92 Å². The standard InChI is InChI=1S/C24H28N4O6/c1-14(2)21(27-22(32)16-7-8-18-15(11-16)5-3-9-25-18)24(34)28-10-4-6-19(28)23(33)26-17(13-29)12-20(30)31/h3,5,7-9,11,13-14,17,19,21H,4,6,10,12H2,1-2H3,(H,26,33)(H,27,32)(H,30,31). The molecule has 1 fully saturated rings. The molecule has 3 amide bonds. The van der Waals surface area contributed by atoms with Crippen molar-refractivity contribution in [3.63, 3.8) is 0 Å². The number of aromatic nitrogens is 1. The van der Waals surface area contributed by atoms with Gasteiger partial charge in [-0.05, 0) is 43.0 Å². The monoisotopic (exact) mass is 468 g/mol. The average molecular weight is 469 g/mol. The summed E-state index contributed by atoms with van der Waals surface area (Å²) in [6, 6.07) is 5.81. The van der Waals surface area contributed by atoms with Crippen molar-refractivity contribution >= 4 is 40.9 Å². The van der Waals surface area contributed by atoms with Crippen LogP contribution in [0.15, 0.2) is 36.5 Å². The highest BCUT2D eigenvalue weighted by Gasteiger charge is 2.39. The van der Waals surface area contributed by atoms with E-state index < -0.39 is 48.2 Å². The van der Waals surface area contributed by atoms with Crippen molar-refractivity contribution in [3.8, 4) is 0 Å². The highest BCUT2D eigenvalue weighted by molar-refractivity contribution is 6.01. The molecule has 1 aromatic heterocycles. The molecule has 10 heteroatoms. The first kappa shape index (κ1) is 24.8. The van der Waals surface area contributed by atoms with Gasteiger partial charge in [-0.25, -0.2) is 0 Å². The average Bonchev–Trinajstić information content (AvgIpc) is 3.31. The molecule has 2 aromatic rings. The second-order valence-corrected chi connectivity index (χ2v) is 8.64. The molecule has 0 saturated carbocycles. The number of carboxylic acids is 1. The van der Waals surface area contributed by atoms with E-state index in [1.807, 2.05) is 6.07 Å². The molecule has 3 atom stereocenters. The number of carbonyl (C=O) groups is 5. The zero-order chi connectivity index (χ0) is 24.8. The summed E-state index contributed by atoms with van der Waals surface area (Å²) in [7, 11) is 0. The van der Waals surface area contributed by atoms with Crippen LogP contribution in [0.25, 0.3) is 10.9 Å². The fourth-order valence-corrected chi connectivity index (χ4v) is 4.04. The van der Waals surface area contributed by atoms with E-state index in [4.69, 9.17) is 5.11 Å². The lowest BCUT2D eigenvalue weighted by Gasteiger charge is -2.31. The predicted octanol–water partition coefficient (Wildman–Crippen LogP) is 1.14. The number of aldehydes is 1. The summed E-state index contributed by atoms with van der Waals surface area (Å²) in [6.07, 6.45) is 2.44. The molecule has 1 aliphatic heterocycles. The number of amides is 3. The Balaban J connectivity index is 1.73. The number of carboxylic acid groups (broad SMARTS) is 1. The van der Waals surface area contributed by atoms with E-state index >= 15 is 0 Å². The Morgan fingerprint density at radius 2 is 1.97 bits per heavy atom. The molecule has 1 aromatic carbocycles. The Morgan fingerprint density at radius 1 is 1.21 bits per heavy atom. The van der Waals surface area contributed by atoms with Crippen molar-refractivity contribution in [1.29, 1.82) is 0 Å². The smallest absolute Gasteiger partial charge is 0.305 e. The second-order valence-electron chi connectivity index (χ2n) is 8.64. The third-order valence-electron chi connectivity index (χ3n) is 5.81. The third kappa shape index (κ3) is 5.75. The quantitative estimate of drug-likeness (QED) is 0.468. The number of rotatable bonds is 9. The van der Waals surface area contributed by atoms with E-state index in [0.717, 1.165) is 10.9 Å². The summed E-state index contributed by atoms with van der Waals surface area (Å²) in [5.74, 6) is -2.87. The molecule has 34 heavy (non-hydrogen) atoms. The first-order chi connectivity index (χ1) is 16.2. The van der Waals surface area contributed by atoms with Gasteiger partial charge in [-0.15, -0.1) is 0 Å². The van der Waals surface area contributed by atoms with Crippen LogP contribution in [0.4, 0.5) is 0 Å². The first-order valence-corrected chi connectivity index (χ1v) is 11.1. The Hall–Kier alpha value is -3.82. The predicted molar refractivity (Wildman–Crippen MR) is 123 cm³/mol. The van der Waals surface area contributed by atoms with Crippen LogP contribution in [-0.4, -0.2) is 69.6 Å². The van der Waals surface area contributed by atoms with E-state index in [1.165, 1.54) is 4.90 Å². The molecule has 10 nitrogen and oxygen atoms in total. The normalized spacial score (nSPS) is 17.3. The number of likely N-dealkylation sites (tertiary alicyclic amines) is 1. The van der Waals surface area contributed by atoms with E-state index in [0.29, 0.717) is 31.2 Å². The summed E-state index contributed by atoms with van der Waals surface area (Å²) < 4.78 is 0. The van der Waals surface area contributed by atoms with Crippen LogP contribution in [0.2, 0.25) is 0 Å². The van der Waals surface area contributed by atoms with Gasteiger partial charge in [-0.1, -0.05) is 19.9 Å². The van der Waals surface area contributed by atoms with Crippen molar-refractivity contribution in [3.05, 3.63) is 42.1 Å². The first-order valence-electron chi connectivity index (χ1n) is 11.1. The Kier molecular flexibility index (Phi) is 7.93. The minimum absolute atomic E-state index is 0.252. The van der Waals surface area contributed by atoms with Crippen LogP contribution in [0.1, 0.15) is 43.5 Å². The molecule has 0 bridgehead atoms. The van der Waals surface area contributed by atoms with Gasteiger partial charge in [0.15, 0.2) is 0 Å². The van der Waals surface area contributed by atoms with Gasteiger partial charge in [0.05, 0.1) is 18.0 Å². The van der Waals surface area contributed by atoms with Crippen molar-refractivity contribution in [2.45, 2.75) is 51.2 Å². The molecule has 3 unspecified atom stereocenters. The lowest BCUT2D eigenvalue weighted by molar-refractivity contribution is -0.142. The summed E-state index contributed by atoms with van der Waals surface area (Å²) in [5, 5.41) is 14.9. The van der Waals surface area contributed by atoms with Crippen LogP contribution in [0, 0.1) is 5.92 Å². The van der Waals surface area contributed by atoms with E-state index in [9.17, 15) is 24.0 Å². The number of hydrogen-bond acceptors (Lipinski definition) is 6. The number of nitrogens with one attached hydrogen (secondary N) is 2. The summed E-state index contributed by atoms with van der Waals surface area (Å²) in [6.45, 7) is 3.92. The molecule has 0 radical (unpaired) electrons. The lowest BCUT2D eigenvalue weighted by Crippen LogP contribution is -2.56. The maximum Gasteiger partial charge on any atom is 0.305 e. The summed E-state index contributed by atoms with van der Waals surface area (Å²) in [4.78, 5) is 66.7. The molecule has 0 spiro atoms. The SMILES string of the molecule is CC(C)C(NC(=O)c1ccc2ncccc2c1)C(=O)N1CCCC1C(=O)NC(C=O)CC(=O)O. The molecule has 3 rings (SSSR count). The number of carbonyl (C=O) groups excluding carboxylic acids is 4. The number of nitrogens with zero attached hydrogens (tertiary/aromatic N) is 2. The van der Waals surface area contributed by atoms with Crippen LogP contribution in [0.5, 0.6) is 0 Å². The Labute approximate surface area is 196 Å². The van der Waals surface area contributed by atoms with Crippen LogP contribution >= 0.6 is 0 Å². The maximum absolute atomic E-state index is 13.4. The summed E-state index contributed by atoms with van der Waals surface area (Å²) in [5.41, 5.74) is 1.13. The minimum Gasteiger partial charge on any atom is -0.481 e. The van der Waals surface area contributed by atoms with E-state index in [-0.39, 0.29) is 5.92 Å². The fraction of sp³-hybridized carbons (Fsp3) is 0.417. The van der Waals surface area contributed by atoms with Gasteiger partial charge in [0.25, 0.3) is 5.91 Å². The van der Waals surface area contributed by atoms with Gasteiger partial charge in [-0.3, -0.25) is 24.2 Å². The topological polar surface area (TPSA) is 146 Å². The largest absolute Gasteiger partial charge is 0.481 e. The van der Waals surface area contributed by atoms with Crippen LogP contribution in [-0.2, 0) is 19.2 Å². The lowest BCUT2D eigenvalue weighted by atomic mass is 10.0. The molecular formula is C24H28N4O6. The fourth-order valence-electron chi connectivity index (χ4n) is 4.04. The zero-order valence-corrected chi connectivity index (χ0v) is 19.1. The van der Waals surface area contributed by atoms with Gasteiger partial charge in [-0.2, -0.15) is 0 Å². The van der Waals surface area contributed by atoms with Gasteiger partial charge in [0, 0.05) is 23.7 Å². The molecule has 0 aliphatic carbocycles. The zero-order valence-electron chi connectivity index (χ0n) is 19.1. The third-order valence-corrected chi connectivity index (χ3v) is 5.81. The Morgan fingerprint density at radius 3 is 2.65 bits per heavy atom. The minimum atomic E-state index is -1.22. The number of pyridine rings is 1. The van der Waals surface area contributed by atoms with Gasteiger partial charge >= 0.3 is 5.97 Å². The molecule has 2 heterocycles. The van der Waals surface area contributed by atoms with E-state index in [2.05, 4.69) is 15.6 Å². The van der Waals surface area contributed by atoms with Crippen molar-refractivity contribution in [1.82, 2.24) is 20.5 Å². The van der Waals surface area contributed by atoms with Crippen LogP contribution < -0.4 is 10.6 Å². The van der Waals surface area contributed by atoms with Gasteiger partial charge in [0.1, 0.15) is 18.4 Å². The molecule has 1 aliphatic rings. The highest BCUT2D eigenvalue weighted by Crippen LogP contribution is 2.21. The number of hydrogen-bond donors (Lipinski definition) is 3. The van der Waals surface area contributed by atoms with Crippen molar-refractivity contribution < 1.29 is 29.1 Å². The number of aliphatic carboxylic acids is 1. The summed E-state index contributed by atoms with van der Waals surface area (Å²) >= 11 is 0.